The number of carbonyl (C=O) groups excluding carboxylic acids is 1. The van der Waals surface area contributed by atoms with Crippen LogP contribution in [0.25, 0.3) is 0 Å². The van der Waals surface area contributed by atoms with Crippen LogP contribution in [0.4, 0.5) is 5.69 Å². The third kappa shape index (κ3) is 3.87. The zero-order chi connectivity index (χ0) is 18.0. The Kier molecular flexibility index (Phi) is 5.13. The fourth-order valence-corrected chi connectivity index (χ4v) is 3.90. The predicted molar refractivity (Wildman–Crippen MR) is 98.6 cm³/mol. The molecule has 0 radical (unpaired) electrons. The van der Waals surface area contributed by atoms with Crippen LogP contribution in [-0.2, 0) is 4.79 Å². The van der Waals surface area contributed by atoms with Gasteiger partial charge in [0, 0.05) is 30.0 Å². The number of rotatable bonds is 5. The second-order valence-electron chi connectivity index (χ2n) is 6.28. The Hall–Kier alpha value is -2.28. The molecule has 1 unspecified atom stereocenters. The molecule has 3 rings (SSSR count). The third-order valence-corrected chi connectivity index (χ3v) is 5.17. The van der Waals surface area contributed by atoms with Gasteiger partial charge >= 0.3 is 0 Å². The van der Waals surface area contributed by atoms with Crippen molar-refractivity contribution in [3.05, 3.63) is 46.4 Å². The van der Waals surface area contributed by atoms with Crippen molar-refractivity contribution in [2.24, 2.45) is 0 Å². The van der Waals surface area contributed by atoms with Crippen LogP contribution >= 0.6 is 11.8 Å². The van der Waals surface area contributed by atoms with E-state index in [1.165, 1.54) is 11.8 Å². The smallest absolute Gasteiger partial charge is 0.254 e. The fourth-order valence-electron chi connectivity index (χ4n) is 2.74. The number of hydrogen-bond acceptors (Lipinski definition) is 5. The highest BCUT2D eigenvalue weighted by molar-refractivity contribution is 7.99. The molecule has 1 aliphatic heterocycles. The Bertz CT molecular complexity index is 848. The van der Waals surface area contributed by atoms with Crippen molar-refractivity contribution in [3.8, 4) is 5.75 Å². The summed E-state index contributed by atoms with van der Waals surface area (Å²) in [7, 11) is 1.58. The molecule has 1 N–H and O–H groups in total. The highest BCUT2D eigenvalue weighted by Crippen LogP contribution is 2.33. The summed E-state index contributed by atoms with van der Waals surface area (Å²) in [5, 5.41) is 3.56. The lowest BCUT2D eigenvalue weighted by atomic mass is 10.1. The molecular formula is C18H21N3O3S. The Morgan fingerprint density at radius 1 is 1.44 bits per heavy atom. The number of hydrogen-bond donors (Lipinski definition) is 1. The summed E-state index contributed by atoms with van der Waals surface area (Å²) < 4.78 is 6.79. The number of methoxy groups -OCH3 is 1. The van der Waals surface area contributed by atoms with Crippen LogP contribution in [0.5, 0.6) is 5.75 Å². The Morgan fingerprint density at radius 2 is 2.24 bits per heavy atom. The van der Waals surface area contributed by atoms with E-state index < -0.39 is 0 Å². The average Bonchev–Trinajstić information content (AvgIpc) is 2.98. The number of nitrogens with zero attached hydrogens (tertiary/aromatic N) is 2. The van der Waals surface area contributed by atoms with E-state index in [0.717, 1.165) is 5.69 Å². The van der Waals surface area contributed by atoms with Crippen LogP contribution in [-0.4, -0.2) is 28.3 Å². The van der Waals surface area contributed by atoms with Crippen LogP contribution in [0.1, 0.15) is 37.9 Å². The SMILES string of the molecule is COc1cccc(NC(=O)CC2CSc3nc(C(C)C)cc(=O)n32)c1. The number of nitrogens with one attached hydrogen (secondary N) is 1. The minimum absolute atomic E-state index is 0.0853. The molecule has 7 heteroatoms. The number of fused-ring (bicyclic) bond motifs is 1. The number of benzene rings is 1. The van der Waals surface area contributed by atoms with Gasteiger partial charge in [0.05, 0.1) is 18.8 Å². The Balaban J connectivity index is 1.73. The van der Waals surface area contributed by atoms with Crippen LogP contribution in [0, 0.1) is 0 Å². The summed E-state index contributed by atoms with van der Waals surface area (Å²) in [6.07, 6.45) is 0.236. The maximum absolute atomic E-state index is 12.4. The highest BCUT2D eigenvalue weighted by Gasteiger charge is 2.28. The molecule has 0 saturated heterocycles. The van der Waals surface area contributed by atoms with Gasteiger partial charge in [0.2, 0.25) is 5.91 Å². The van der Waals surface area contributed by atoms with Gasteiger partial charge in [-0.25, -0.2) is 4.98 Å². The molecule has 1 amide bonds. The predicted octanol–water partition coefficient (Wildman–Crippen LogP) is 3.05. The van der Waals surface area contributed by atoms with E-state index in [4.69, 9.17) is 4.74 Å². The molecular weight excluding hydrogens is 338 g/mol. The maximum atomic E-state index is 12.4. The van der Waals surface area contributed by atoms with Gasteiger partial charge in [-0.05, 0) is 18.1 Å². The lowest BCUT2D eigenvalue weighted by molar-refractivity contribution is -0.116. The quantitative estimate of drug-likeness (QED) is 0.831. The molecule has 6 nitrogen and oxygen atoms in total. The second kappa shape index (κ2) is 7.31. The lowest BCUT2D eigenvalue weighted by Crippen LogP contribution is -2.28. The van der Waals surface area contributed by atoms with Crippen molar-refractivity contribution in [3.63, 3.8) is 0 Å². The monoisotopic (exact) mass is 359 g/mol. The summed E-state index contributed by atoms with van der Waals surface area (Å²) in [5.41, 5.74) is 1.39. The Morgan fingerprint density at radius 3 is 2.96 bits per heavy atom. The molecule has 1 atom stereocenters. The first-order chi connectivity index (χ1) is 12.0. The van der Waals surface area contributed by atoms with E-state index in [0.29, 0.717) is 22.3 Å². The second-order valence-corrected chi connectivity index (χ2v) is 7.26. The van der Waals surface area contributed by atoms with Crippen LogP contribution in [0.3, 0.4) is 0 Å². The molecule has 1 aromatic heterocycles. The molecule has 0 bridgehead atoms. The average molecular weight is 359 g/mol. The number of amides is 1. The van der Waals surface area contributed by atoms with E-state index in [1.807, 2.05) is 26.0 Å². The van der Waals surface area contributed by atoms with E-state index in [9.17, 15) is 9.59 Å². The van der Waals surface area contributed by atoms with Crippen molar-refractivity contribution < 1.29 is 9.53 Å². The summed E-state index contributed by atoms with van der Waals surface area (Å²) in [6.45, 7) is 4.02. The fraction of sp³-hybridized carbons (Fsp3) is 0.389. The van der Waals surface area contributed by atoms with Crippen molar-refractivity contribution in [1.82, 2.24) is 9.55 Å². The standard InChI is InChI=1S/C18H21N3O3S/c1-11(2)15-9-17(23)21-13(10-25-18(21)20-15)8-16(22)19-12-5-4-6-14(7-12)24-3/h4-7,9,11,13H,8,10H2,1-3H3,(H,19,22). The van der Waals surface area contributed by atoms with Gasteiger partial charge in [-0.3, -0.25) is 14.2 Å². The van der Waals surface area contributed by atoms with E-state index in [1.54, 1.807) is 29.9 Å². The molecule has 0 aliphatic carbocycles. The summed E-state index contributed by atoms with van der Waals surface area (Å²) >= 11 is 1.53. The van der Waals surface area contributed by atoms with Gasteiger partial charge in [-0.15, -0.1) is 0 Å². The summed E-state index contributed by atoms with van der Waals surface area (Å²) in [5.74, 6) is 1.43. The number of anilines is 1. The molecule has 2 aromatic rings. The maximum Gasteiger partial charge on any atom is 0.254 e. The van der Waals surface area contributed by atoms with E-state index >= 15 is 0 Å². The molecule has 132 valence electrons. The Labute approximate surface area is 150 Å². The molecule has 0 spiro atoms. The molecule has 25 heavy (non-hydrogen) atoms. The topological polar surface area (TPSA) is 73.2 Å². The van der Waals surface area contributed by atoms with Gasteiger partial charge in [0.15, 0.2) is 5.16 Å². The first-order valence-electron chi connectivity index (χ1n) is 8.18. The van der Waals surface area contributed by atoms with Crippen molar-refractivity contribution >= 4 is 23.4 Å². The zero-order valence-electron chi connectivity index (χ0n) is 14.5. The van der Waals surface area contributed by atoms with Gasteiger partial charge in [-0.1, -0.05) is 31.7 Å². The highest BCUT2D eigenvalue weighted by atomic mass is 32.2. The van der Waals surface area contributed by atoms with Crippen LogP contribution < -0.4 is 15.6 Å². The molecule has 1 aliphatic rings. The van der Waals surface area contributed by atoms with Gasteiger partial charge in [-0.2, -0.15) is 0 Å². The minimum atomic E-state index is -0.174. The van der Waals surface area contributed by atoms with Crippen LogP contribution in [0.15, 0.2) is 40.3 Å². The molecule has 0 saturated carbocycles. The molecule has 2 heterocycles. The molecule has 1 aromatic carbocycles. The van der Waals surface area contributed by atoms with Gasteiger partial charge in [0.1, 0.15) is 5.75 Å². The first-order valence-corrected chi connectivity index (χ1v) is 9.16. The van der Waals surface area contributed by atoms with Crippen molar-refractivity contribution in [2.75, 3.05) is 18.2 Å². The normalized spacial score (nSPS) is 15.9. The number of carbonyl (C=O) groups is 1. The third-order valence-electron chi connectivity index (χ3n) is 4.08. The number of thioether (sulfide) groups is 1. The zero-order valence-corrected chi connectivity index (χ0v) is 15.3. The molecule has 0 fully saturated rings. The van der Waals surface area contributed by atoms with Crippen LogP contribution in [0.2, 0.25) is 0 Å². The number of ether oxygens (including phenoxy) is 1. The minimum Gasteiger partial charge on any atom is -0.497 e. The lowest BCUT2D eigenvalue weighted by Gasteiger charge is -2.14. The largest absolute Gasteiger partial charge is 0.497 e. The number of aromatic nitrogens is 2. The first kappa shape index (κ1) is 17.5. The van der Waals surface area contributed by atoms with E-state index in [2.05, 4.69) is 10.3 Å². The summed E-state index contributed by atoms with van der Waals surface area (Å²) in [6, 6.07) is 8.60. The van der Waals surface area contributed by atoms with Crippen molar-refractivity contribution in [2.45, 2.75) is 37.4 Å². The summed E-state index contributed by atoms with van der Waals surface area (Å²) in [4.78, 5) is 29.4. The van der Waals surface area contributed by atoms with E-state index in [-0.39, 0.29) is 29.8 Å². The van der Waals surface area contributed by atoms with Crippen molar-refractivity contribution in [1.29, 1.82) is 0 Å². The van der Waals surface area contributed by atoms with Gasteiger partial charge in [0.25, 0.3) is 5.56 Å². The van der Waals surface area contributed by atoms with Gasteiger partial charge < -0.3 is 10.1 Å².